The molecule has 2 saturated heterocycles. The summed E-state index contributed by atoms with van der Waals surface area (Å²) >= 11 is 0. The first-order chi connectivity index (χ1) is 18.6. The van der Waals surface area contributed by atoms with Gasteiger partial charge in [-0.25, -0.2) is 0 Å². The summed E-state index contributed by atoms with van der Waals surface area (Å²) in [5, 5.41) is 3.22. The molecule has 38 heavy (non-hydrogen) atoms. The second-order valence-electron chi connectivity index (χ2n) is 11.3. The highest BCUT2D eigenvalue weighted by molar-refractivity contribution is 6.16. The fraction of sp³-hybridized carbons (Fsp3) is 0.516. The summed E-state index contributed by atoms with van der Waals surface area (Å²) in [5.74, 6) is 0.637. The molecule has 0 radical (unpaired) electrons. The Morgan fingerprint density at radius 2 is 1.63 bits per heavy atom. The molecule has 4 heterocycles. The zero-order chi connectivity index (χ0) is 26.1. The van der Waals surface area contributed by atoms with Gasteiger partial charge in [0.2, 0.25) is 5.91 Å². The highest BCUT2D eigenvalue weighted by Gasteiger charge is 2.47. The van der Waals surface area contributed by atoms with E-state index in [-0.39, 0.29) is 17.7 Å². The number of piperidine rings is 2. The molecule has 4 aliphatic rings. The summed E-state index contributed by atoms with van der Waals surface area (Å²) in [6, 6.07) is 15.6. The van der Waals surface area contributed by atoms with Crippen LogP contribution in [-0.2, 0) is 4.79 Å². The molecule has 0 aromatic heterocycles. The quantitative estimate of drug-likeness (QED) is 0.517. The molecule has 0 unspecified atom stereocenters. The van der Waals surface area contributed by atoms with Gasteiger partial charge < -0.3 is 15.1 Å². The van der Waals surface area contributed by atoms with Crippen molar-refractivity contribution in [2.24, 2.45) is 5.92 Å². The van der Waals surface area contributed by atoms with Gasteiger partial charge in [-0.1, -0.05) is 43.2 Å². The first-order valence-corrected chi connectivity index (χ1v) is 14.5. The van der Waals surface area contributed by atoms with E-state index in [0.717, 1.165) is 31.4 Å². The van der Waals surface area contributed by atoms with E-state index in [1.54, 1.807) is 11.0 Å². The molecule has 7 heteroatoms. The summed E-state index contributed by atoms with van der Waals surface area (Å²) in [5.41, 5.74) is 2.81. The maximum atomic E-state index is 13.5. The smallest absolute Gasteiger partial charge is 0.260 e. The average molecular weight is 515 g/mol. The first kappa shape index (κ1) is 25.1. The van der Waals surface area contributed by atoms with Crippen LogP contribution in [0.5, 0.6) is 0 Å². The number of carbonyl (C=O) groups is 3. The molecule has 4 aliphatic heterocycles. The van der Waals surface area contributed by atoms with Gasteiger partial charge in [0.25, 0.3) is 11.8 Å². The highest BCUT2D eigenvalue weighted by atomic mass is 16.2. The molecule has 3 atom stereocenters. The van der Waals surface area contributed by atoms with Gasteiger partial charge in [-0.15, -0.1) is 0 Å². The molecule has 6 rings (SSSR count). The SMILES string of the molecule is O=C(CCCCCN1C(=O)c2ccccc2N2C(=O)c3ccccc3[C@@H]12)NC[C@@H]1CCCN2CCCC[C@H]12. The van der Waals surface area contributed by atoms with Gasteiger partial charge in [-0.05, 0) is 75.7 Å². The van der Waals surface area contributed by atoms with Crippen molar-refractivity contribution in [2.75, 3.05) is 31.1 Å². The van der Waals surface area contributed by atoms with Crippen LogP contribution in [0.4, 0.5) is 5.69 Å². The minimum absolute atomic E-state index is 0.0339. The molecular weight excluding hydrogens is 476 g/mol. The number of fused-ring (bicyclic) bond motifs is 6. The van der Waals surface area contributed by atoms with Crippen molar-refractivity contribution in [1.82, 2.24) is 15.1 Å². The second kappa shape index (κ2) is 10.9. The Hall–Kier alpha value is -3.19. The molecule has 200 valence electrons. The highest BCUT2D eigenvalue weighted by Crippen LogP contribution is 2.45. The molecule has 2 aromatic rings. The van der Waals surface area contributed by atoms with E-state index in [9.17, 15) is 14.4 Å². The van der Waals surface area contributed by atoms with Gasteiger partial charge in [0, 0.05) is 36.7 Å². The lowest BCUT2D eigenvalue weighted by Crippen LogP contribution is -2.50. The predicted molar refractivity (Wildman–Crippen MR) is 147 cm³/mol. The fourth-order valence-electron chi connectivity index (χ4n) is 7.09. The van der Waals surface area contributed by atoms with Gasteiger partial charge in [0.1, 0.15) is 6.17 Å². The van der Waals surface area contributed by atoms with E-state index in [2.05, 4.69) is 10.2 Å². The molecule has 2 aromatic carbocycles. The molecular formula is C31H38N4O3. The maximum Gasteiger partial charge on any atom is 0.260 e. The van der Waals surface area contributed by atoms with Crippen LogP contribution in [0, 0.1) is 5.92 Å². The van der Waals surface area contributed by atoms with Crippen LogP contribution in [0.3, 0.4) is 0 Å². The van der Waals surface area contributed by atoms with Gasteiger partial charge in [-0.2, -0.15) is 0 Å². The monoisotopic (exact) mass is 514 g/mol. The number of unbranched alkanes of at least 4 members (excludes halogenated alkanes) is 2. The van der Waals surface area contributed by atoms with E-state index in [1.807, 2.05) is 47.4 Å². The van der Waals surface area contributed by atoms with Crippen LogP contribution in [0.1, 0.15) is 90.2 Å². The van der Waals surface area contributed by atoms with Crippen LogP contribution in [0.2, 0.25) is 0 Å². The van der Waals surface area contributed by atoms with E-state index in [0.29, 0.717) is 41.7 Å². The third kappa shape index (κ3) is 4.62. The molecule has 0 aliphatic carbocycles. The van der Waals surface area contributed by atoms with Gasteiger partial charge in [0.05, 0.1) is 11.3 Å². The van der Waals surface area contributed by atoms with Crippen LogP contribution in [0.15, 0.2) is 48.5 Å². The average Bonchev–Trinajstić information content (AvgIpc) is 3.25. The van der Waals surface area contributed by atoms with Gasteiger partial charge in [-0.3, -0.25) is 19.3 Å². The van der Waals surface area contributed by atoms with Gasteiger partial charge in [0.15, 0.2) is 0 Å². The summed E-state index contributed by atoms with van der Waals surface area (Å²) in [7, 11) is 0. The zero-order valence-electron chi connectivity index (χ0n) is 22.1. The number of hydrogen-bond acceptors (Lipinski definition) is 4. The number of benzene rings is 2. The van der Waals surface area contributed by atoms with Crippen molar-refractivity contribution in [3.8, 4) is 0 Å². The first-order valence-electron chi connectivity index (χ1n) is 14.5. The van der Waals surface area contributed by atoms with E-state index in [1.165, 1.54) is 45.2 Å². The Kier molecular flexibility index (Phi) is 7.20. The number of anilines is 1. The lowest BCUT2D eigenvalue weighted by molar-refractivity contribution is -0.121. The number of nitrogens with zero attached hydrogens (tertiary/aromatic N) is 3. The van der Waals surface area contributed by atoms with Crippen molar-refractivity contribution in [3.63, 3.8) is 0 Å². The predicted octanol–water partition coefficient (Wildman–Crippen LogP) is 4.74. The largest absolute Gasteiger partial charge is 0.356 e. The lowest BCUT2D eigenvalue weighted by atomic mass is 9.83. The molecule has 1 N–H and O–H groups in total. The minimum Gasteiger partial charge on any atom is -0.356 e. The van der Waals surface area contributed by atoms with Gasteiger partial charge >= 0.3 is 0 Å². The summed E-state index contributed by atoms with van der Waals surface area (Å²) in [4.78, 5) is 45.6. The van der Waals surface area contributed by atoms with E-state index in [4.69, 9.17) is 0 Å². The number of rotatable bonds is 8. The number of para-hydroxylation sites is 1. The van der Waals surface area contributed by atoms with Crippen LogP contribution in [0.25, 0.3) is 0 Å². The zero-order valence-corrected chi connectivity index (χ0v) is 22.1. The van der Waals surface area contributed by atoms with Crippen molar-refractivity contribution in [2.45, 2.75) is 70.0 Å². The third-order valence-corrected chi connectivity index (χ3v) is 8.98. The molecule has 7 nitrogen and oxygen atoms in total. The summed E-state index contributed by atoms with van der Waals surface area (Å²) in [6.07, 6.45) is 8.94. The fourth-order valence-corrected chi connectivity index (χ4v) is 7.09. The van der Waals surface area contributed by atoms with Crippen molar-refractivity contribution < 1.29 is 14.4 Å². The molecule has 0 spiro atoms. The van der Waals surface area contributed by atoms with Crippen LogP contribution < -0.4 is 10.2 Å². The summed E-state index contributed by atoms with van der Waals surface area (Å²) < 4.78 is 0. The normalized spacial score (nSPS) is 24.5. The molecule has 0 saturated carbocycles. The molecule has 3 amide bonds. The number of nitrogens with one attached hydrogen (secondary N) is 1. The standard InChI is InChI=1S/C31H38N4O3/c36-28(32-21-22-11-10-19-33-18-9-7-15-26(22)33)17-2-1-8-20-34-29-23-12-3-4-13-24(23)31(38)35(29)27-16-6-5-14-25(27)30(34)37/h3-6,12-14,16,22,26,29H,1-2,7-11,15,17-21H2,(H,32,36)/t22-,26+,29-/m0/s1. The van der Waals surface area contributed by atoms with Crippen molar-refractivity contribution in [3.05, 3.63) is 65.2 Å². The Morgan fingerprint density at radius 1 is 0.842 bits per heavy atom. The number of hydrogen-bond donors (Lipinski definition) is 1. The number of carbonyl (C=O) groups excluding carboxylic acids is 3. The van der Waals surface area contributed by atoms with Crippen molar-refractivity contribution >= 4 is 23.4 Å². The Labute approximate surface area is 225 Å². The Balaban J connectivity index is 1.02. The van der Waals surface area contributed by atoms with Crippen molar-refractivity contribution in [1.29, 1.82) is 0 Å². The Bertz CT molecular complexity index is 1210. The second-order valence-corrected chi connectivity index (χ2v) is 11.3. The van der Waals surface area contributed by atoms with Crippen LogP contribution >= 0.6 is 0 Å². The van der Waals surface area contributed by atoms with Crippen LogP contribution in [-0.4, -0.2) is 59.7 Å². The third-order valence-electron chi connectivity index (χ3n) is 8.98. The number of amides is 3. The lowest BCUT2D eigenvalue weighted by Gasteiger charge is -2.44. The van der Waals surface area contributed by atoms with E-state index >= 15 is 0 Å². The topological polar surface area (TPSA) is 73.0 Å². The molecule has 2 fully saturated rings. The maximum absolute atomic E-state index is 13.5. The molecule has 0 bridgehead atoms. The minimum atomic E-state index is -0.403. The summed E-state index contributed by atoms with van der Waals surface area (Å²) in [6.45, 7) is 3.79. The Morgan fingerprint density at radius 3 is 2.53 bits per heavy atom. The van der Waals surface area contributed by atoms with E-state index < -0.39 is 6.17 Å².